The van der Waals surface area contributed by atoms with Gasteiger partial charge >= 0.3 is 0 Å². The van der Waals surface area contributed by atoms with Gasteiger partial charge in [0.2, 0.25) is 0 Å². The third-order valence-corrected chi connectivity index (χ3v) is 5.89. The van der Waals surface area contributed by atoms with E-state index in [4.69, 9.17) is 37.4 Å². The van der Waals surface area contributed by atoms with E-state index in [0.717, 1.165) is 10.4 Å². The summed E-state index contributed by atoms with van der Waals surface area (Å²) in [6.45, 7) is 0. The number of methoxy groups -OCH3 is 3. The molecule has 3 rings (SSSR count). The fourth-order valence-corrected chi connectivity index (χ4v) is 3.91. The van der Waals surface area contributed by atoms with Crippen LogP contribution in [-0.2, 0) is 6.42 Å². The van der Waals surface area contributed by atoms with Gasteiger partial charge in [0.15, 0.2) is 16.6 Å². The van der Waals surface area contributed by atoms with Crippen LogP contribution in [0, 0.1) is 0 Å². The van der Waals surface area contributed by atoms with Crippen LogP contribution in [0.2, 0.25) is 10.0 Å². The Morgan fingerprint density at radius 1 is 1.07 bits per heavy atom. The van der Waals surface area contributed by atoms with Gasteiger partial charge in [0.05, 0.1) is 36.9 Å². The fraction of sp³-hybridized carbons (Fsp3) is 0.200. The maximum Gasteiger partial charge on any atom is 0.261 e. The molecule has 1 N–H and O–H groups in total. The van der Waals surface area contributed by atoms with E-state index in [1.165, 1.54) is 32.7 Å². The van der Waals surface area contributed by atoms with E-state index in [2.05, 4.69) is 10.3 Å². The molecule has 0 saturated heterocycles. The third-order valence-electron chi connectivity index (χ3n) is 4.12. The van der Waals surface area contributed by atoms with E-state index in [1.807, 2.05) is 12.1 Å². The van der Waals surface area contributed by atoms with Crippen LogP contribution in [-0.4, -0.2) is 32.2 Å². The summed E-state index contributed by atoms with van der Waals surface area (Å²) in [5.74, 6) is 0.886. The van der Waals surface area contributed by atoms with Gasteiger partial charge in [-0.05, 0) is 11.6 Å². The van der Waals surface area contributed by atoms with Crippen LogP contribution in [0.5, 0.6) is 17.2 Å². The Morgan fingerprint density at radius 3 is 2.45 bits per heavy atom. The largest absolute Gasteiger partial charge is 0.496 e. The second kappa shape index (κ2) is 9.35. The maximum atomic E-state index is 12.8. The molecule has 6 nitrogen and oxygen atoms in total. The zero-order valence-corrected chi connectivity index (χ0v) is 18.2. The number of ether oxygens (including phenoxy) is 3. The van der Waals surface area contributed by atoms with Crippen molar-refractivity contribution < 1.29 is 19.0 Å². The molecule has 0 atom stereocenters. The van der Waals surface area contributed by atoms with Crippen LogP contribution in [0.15, 0.2) is 36.5 Å². The molecule has 29 heavy (non-hydrogen) atoms. The summed E-state index contributed by atoms with van der Waals surface area (Å²) in [4.78, 5) is 18.0. The SMILES string of the molecule is COc1cc(OC)c(C(=O)Nc2ncc(Cc3cccc(Cl)c3Cl)s2)cc1OC. The van der Waals surface area contributed by atoms with Crippen molar-refractivity contribution in [3.05, 3.63) is 62.6 Å². The number of rotatable bonds is 7. The van der Waals surface area contributed by atoms with Gasteiger partial charge in [0, 0.05) is 29.6 Å². The summed E-state index contributed by atoms with van der Waals surface area (Å²) in [6.07, 6.45) is 2.26. The number of hydrogen-bond acceptors (Lipinski definition) is 6. The number of carbonyl (C=O) groups is 1. The minimum Gasteiger partial charge on any atom is -0.496 e. The topological polar surface area (TPSA) is 69.7 Å². The van der Waals surface area contributed by atoms with Crippen LogP contribution in [0.1, 0.15) is 20.8 Å². The highest BCUT2D eigenvalue weighted by Crippen LogP contribution is 2.35. The van der Waals surface area contributed by atoms with E-state index in [-0.39, 0.29) is 5.91 Å². The van der Waals surface area contributed by atoms with Crippen LogP contribution in [0.4, 0.5) is 5.13 Å². The molecule has 3 aromatic rings. The lowest BCUT2D eigenvalue weighted by molar-refractivity contribution is 0.102. The van der Waals surface area contributed by atoms with Crippen molar-refractivity contribution in [2.75, 3.05) is 26.6 Å². The van der Waals surface area contributed by atoms with Crippen molar-refractivity contribution in [2.45, 2.75) is 6.42 Å². The molecular weight excluding hydrogens is 435 g/mol. The number of carbonyl (C=O) groups excluding carboxylic acids is 1. The second-order valence-electron chi connectivity index (χ2n) is 5.88. The van der Waals surface area contributed by atoms with Crippen molar-refractivity contribution in [3.63, 3.8) is 0 Å². The Morgan fingerprint density at radius 2 is 1.76 bits per heavy atom. The van der Waals surface area contributed by atoms with Gasteiger partial charge in [-0.25, -0.2) is 4.98 Å². The molecule has 0 spiro atoms. The Balaban J connectivity index is 1.79. The number of nitrogens with one attached hydrogen (secondary N) is 1. The standard InChI is InChI=1S/C20H18Cl2N2O4S/c1-26-15-9-17(28-3)16(27-2)8-13(15)19(25)24-20-23-10-12(29-20)7-11-5-4-6-14(21)18(11)22/h4-6,8-10H,7H2,1-3H3,(H,23,24,25). The number of hydrogen-bond donors (Lipinski definition) is 1. The van der Waals surface area contributed by atoms with Crippen LogP contribution < -0.4 is 19.5 Å². The van der Waals surface area contributed by atoms with Crippen molar-refractivity contribution in [1.82, 2.24) is 4.98 Å². The number of nitrogens with zero attached hydrogens (tertiary/aromatic N) is 1. The Kier molecular flexibility index (Phi) is 6.84. The number of benzene rings is 2. The Bertz CT molecular complexity index is 1040. The summed E-state index contributed by atoms with van der Waals surface area (Å²) in [7, 11) is 4.49. The molecule has 0 fully saturated rings. The zero-order chi connectivity index (χ0) is 21.0. The molecule has 1 heterocycles. The van der Waals surface area contributed by atoms with Crippen LogP contribution >= 0.6 is 34.5 Å². The average molecular weight is 453 g/mol. The molecular formula is C20H18Cl2N2O4S. The van der Waals surface area contributed by atoms with Crippen molar-refractivity contribution in [3.8, 4) is 17.2 Å². The summed E-state index contributed by atoms with van der Waals surface area (Å²) in [5.41, 5.74) is 1.20. The van der Waals surface area contributed by atoms with Crippen LogP contribution in [0.25, 0.3) is 0 Å². The molecule has 0 unspecified atom stereocenters. The van der Waals surface area contributed by atoms with Crippen molar-refractivity contribution in [1.29, 1.82) is 0 Å². The summed E-state index contributed by atoms with van der Waals surface area (Å²) in [6, 6.07) is 8.65. The number of thiazole rings is 1. The monoisotopic (exact) mass is 452 g/mol. The molecule has 2 aromatic carbocycles. The highest BCUT2D eigenvalue weighted by Gasteiger charge is 2.19. The summed E-state index contributed by atoms with van der Waals surface area (Å²) >= 11 is 13.7. The molecule has 9 heteroatoms. The first-order valence-electron chi connectivity index (χ1n) is 8.45. The van der Waals surface area contributed by atoms with E-state index in [0.29, 0.717) is 44.4 Å². The first-order valence-corrected chi connectivity index (χ1v) is 10.0. The van der Waals surface area contributed by atoms with E-state index in [1.54, 1.807) is 24.4 Å². The van der Waals surface area contributed by atoms with Gasteiger partial charge < -0.3 is 14.2 Å². The zero-order valence-electron chi connectivity index (χ0n) is 15.9. The fourth-order valence-electron chi connectivity index (χ4n) is 2.69. The average Bonchev–Trinajstić information content (AvgIpc) is 3.16. The number of halogens is 2. The summed E-state index contributed by atoms with van der Waals surface area (Å²) < 4.78 is 15.8. The van der Waals surface area contributed by atoms with Crippen LogP contribution in [0.3, 0.4) is 0 Å². The first kappa shape index (κ1) is 21.2. The van der Waals surface area contributed by atoms with Gasteiger partial charge in [-0.3, -0.25) is 10.1 Å². The minimum atomic E-state index is -0.371. The summed E-state index contributed by atoms with van der Waals surface area (Å²) in [5, 5.41) is 4.26. The van der Waals surface area contributed by atoms with Crippen molar-refractivity contribution in [2.24, 2.45) is 0 Å². The Labute approximate surface area is 182 Å². The molecule has 1 aromatic heterocycles. The van der Waals surface area contributed by atoms with Gasteiger partial charge in [0.25, 0.3) is 5.91 Å². The predicted molar refractivity (Wildman–Crippen MR) is 115 cm³/mol. The van der Waals surface area contributed by atoms with Gasteiger partial charge in [-0.15, -0.1) is 11.3 Å². The predicted octanol–water partition coefficient (Wildman–Crippen LogP) is 5.32. The van der Waals surface area contributed by atoms with E-state index < -0.39 is 0 Å². The normalized spacial score (nSPS) is 10.5. The number of amides is 1. The highest BCUT2D eigenvalue weighted by molar-refractivity contribution is 7.15. The highest BCUT2D eigenvalue weighted by atomic mass is 35.5. The molecule has 0 aliphatic rings. The Hall–Kier alpha value is -2.48. The van der Waals surface area contributed by atoms with Crippen molar-refractivity contribution >= 4 is 45.6 Å². The van der Waals surface area contributed by atoms with Gasteiger partial charge in [0.1, 0.15) is 5.75 Å². The molecule has 0 aliphatic carbocycles. The molecule has 1 amide bonds. The lowest BCUT2D eigenvalue weighted by Crippen LogP contribution is -2.13. The molecule has 0 aliphatic heterocycles. The molecule has 0 radical (unpaired) electrons. The van der Waals surface area contributed by atoms with Gasteiger partial charge in [-0.1, -0.05) is 35.3 Å². The smallest absolute Gasteiger partial charge is 0.261 e. The quantitative estimate of drug-likeness (QED) is 0.525. The lowest BCUT2D eigenvalue weighted by Gasteiger charge is -2.13. The third kappa shape index (κ3) is 4.75. The van der Waals surface area contributed by atoms with Gasteiger partial charge in [-0.2, -0.15) is 0 Å². The van der Waals surface area contributed by atoms with E-state index in [9.17, 15) is 4.79 Å². The first-order chi connectivity index (χ1) is 14.0. The number of aromatic nitrogens is 1. The van der Waals surface area contributed by atoms with E-state index >= 15 is 0 Å². The molecule has 152 valence electrons. The molecule has 0 saturated carbocycles. The molecule has 0 bridgehead atoms. The number of anilines is 1. The second-order valence-corrected chi connectivity index (χ2v) is 7.78. The maximum absolute atomic E-state index is 12.8. The minimum absolute atomic E-state index is 0.305. The lowest BCUT2D eigenvalue weighted by atomic mass is 10.1.